The summed E-state index contributed by atoms with van der Waals surface area (Å²) in [5.41, 5.74) is 0. The first-order valence-corrected chi connectivity index (χ1v) is 15.9. The number of fused-ring (bicyclic) bond motifs is 7. The van der Waals surface area contributed by atoms with Crippen molar-refractivity contribution in [1.29, 1.82) is 0 Å². The third-order valence-electron chi connectivity index (χ3n) is 15.7. The minimum Gasteiger partial charge on any atom is -0.299 e. The molecule has 6 aliphatic carbocycles. The molecule has 21 unspecified atom stereocenters. The Hall–Kier alpha value is -0.330. The van der Waals surface area contributed by atoms with Gasteiger partial charge in [0.1, 0.15) is 5.78 Å². The van der Waals surface area contributed by atoms with Crippen molar-refractivity contribution in [3.05, 3.63) is 0 Å². The van der Waals surface area contributed by atoms with Crippen LogP contribution in [0.2, 0.25) is 0 Å². The van der Waals surface area contributed by atoms with Crippen LogP contribution in [0.25, 0.3) is 0 Å². The van der Waals surface area contributed by atoms with Crippen LogP contribution < -0.4 is 0 Å². The molecule has 0 N–H and O–H groups in total. The minimum absolute atomic E-state index is 0.294. The van der Waals surface area contributed by atoms with Crippen LogP contribution in [0.5, 0.6) is 0 Å². The second kappa shape index (κ2) is 8.09. The molecular formula is C34H56O. The summed E-state index contributed by atoms with van der Waals surface area (Å²) >= 11 is 0. The zero-order valence-corrected chi connectivity index (χ0v) is 24.7. The molecule has 0 bridgehead atoms. The van der Waals surface area contributed by atoms with Crippen molar-refractivity contribution < 1.29 is 4.79 Å². The molecule has 1 heteroatoms. The van der Waals surface area contributed by atoms with Crippen molar-refractivity contribution in [3.8, 4) is 0 Å². The summed E-state index contributed by atoms with van der Waals surface area (Å²) < 4.78 is 0. The summed E-state index contributed by atoms with van der Waals surface area (Å²) in [6, 6.07) is 0. The number of hydrogen-bond acceptors (Lipinski definition) is 1. The topological polar surface area (TPSA) is 17.1 Å². The van der Waals surface area contributed by atoms with Gasteiger partial charge in [0.2, 0.25) is 0 Å². The number of hydrogen-bond donors (Lipinski definition) is 0. The molecule has 0 amide bonds. The van der Waals surface area contributed by atoms with E-state index in [0.29, 0.717) is 29.5 Å². The molecule has 6 aliphatic rings. The van der Waals surface area contributed by atoms with Gasteiger partial charge in [-0.15, -0.1) is 0 Å². The van der Waals surface area contributed by atoms with Crippen LogP contribution in [-0.4, -0.2) is 5.78 Å². The van der Waals surface area contributed by atoms with E-state index in [1.807, 2.05) is 0 Å². The molecule has 0 radical (unpaired) electrons. The summed E-state index contributed by atoms with van der Waals surface area (Å²) in [5.74, 6) is 17.0. The van der Waals surface area contributed by atoms with Crippen LogP contribution >= 0.6 is 0 Å². The van der Waals surface area contributed by atoms with Crippen LogP contribution in [-0.2, 0) is 4.79 Å². The van der Waals surface area contributed by atoms with Crippen LogP contribution in [0.3, 0.4) is 0 Å². The van der Waals surface area contributed by atoms with Gasteiger partial charge in [0.15, 0.2) is 0 Å². The molecule has 0 spiro atoms. The average Bonchev–Trinajstić information content (AvgIpc) is 3.28. The van der Waals surface area contributed by atoms with E-state index in [0.717, 1.165) is 101 Å². The summed E-state index contributed by atoms with van der Waals surface area (Å²) in [4.78, 5) is 13.4. The quantitative estimate of drug-likeness (QED) is 0.341. The molecule has 0 saturated heterocycles. The van der Waals surface area contributed by atoms with Gasteiger partial charge < -0.3 is 0 Å². The highest BCUT2D eigenvalue weighted by molar-refractivity contribution is 5.86. The maximum Gasteiger partial charge on any atom is 0.139 e. The van der Waals surface area contributed by atoms with E-state index in [2.05, 4.69) is 76.2 Å². The minimum atomic E-state index is 0.294. The first-order chi connectivity index (χ1) is 16.4. The Labute approximate surface area is 217 Å². The Balaban J connectivity index is 1.50. The van der Waals surface area contributed by atoms with Gasteiger partial charge in [-0.3, -0.25) is 4.79 Å². The van der Waals surface area contributed by atoms with Crippen molar-refractivity contribution >= 4 is 5.78 Å². The molecule has 21 atom stereocenters. The van der Waals surface area contributed by atoms with Gasteiger partial charge in [-0.05, 0) is 119 Å². The van der Waals surface area contributed by atoms with Gasteiger partial charge >= 0.3 is 0 Å². The molecule has 198 valence electrons. The van der Waals surface area contributed by atoms with E-state index in [1.54, 1.807) is 0 Å². The van der Waals surface area contributed by atoms with Crippen molar-refractivity contribution in [2.24, 2.45) is 124 Å². The fourth-order valence-electron chi connectivity index (χ4n) is 13.8. The number of Topliss-reactive ketones (excluding diaryl/α,β-unsaturated/α-hetero) is 1. The van der Waals surface area contributed by atoms with Crippen LogP contribution in [0.4, 0.5) is 0 Å². The zero-order chi connectivity index (χ0) is 25.4. The number of ketones is 1. The Bertz CT molecular complexity index is 861. The number of rotatable bonds is 0. The van der Waals surface area contributed by atoms with E-state index in [-0.39, 0.29) is 0 Å². The third kappa shape index (κ3) is 2.91. The molecule has 0 aromatic heterocycles. The lowest BCUT2D eigenvalue weighted by molar-refractivity contribution is -0.190. The molecular weight excluding hydrogens is 424 g/mol. The van der Waals surface area contributed by atoms with Crippen LogP contribution in [0.15, 0.2) is 0 Å². The predicted molar refractivity (Wildman–Crippen MR) is 145 cm³/mol. The lowest BCUT2D eigenvalue weighted by Crippen LogP contribution is -2.62. The summed E-state index contributed by atoms with van der Waals surface area (Å²) in [7, 11) is 0. The van der Waals surface area contributed by atoms with E-state index < -0.39 is 0 Å². The standard InChI is InChI=1S/C34H56O/c1-13-12-24-26-18(6)16(4)20(8)29-31-22(10)34(35)23(11)32(31)30(33(26)29)21(9)27(24)28-19(7)15(3)14(2)17(5)25(13)28/h13-33H,12H2,1-11H3. The highest BCUT2D eigenvalue weighted by atomic mass is 16.1. The first kappa shape index (κ1) is 25.0. The largest absolute Gasteiger partial charge is 0.299 e. The van der Waals surface area contributed by atoms with Crippen LogP contribution in [0.1, 0.15) is 82.6 Å². The second-order valence-corrected chi connectivity index (χ2v) is 15.9. The Morgan fingerprint density at radius 2 is 0.771 bits per heavy atom. The normalized spacial score (nSPS) is 67.5. The van der Waals surface area contributed by atoms with Gasteiger partial charge in [-0.2, -0.15) is 0 Å². The molecule has 1 nitrogen and oxygen atoms in total. The van der Waals surface area contributed by atoms with E-state index in [9.17, 15) is 4.79 Å². The Morgan fingerprint density at radius 1 is 0.400 bits per heavy atom. The molecule has 35 heavy (non-hydrogen) atoms. The fraction of sp³-hybridized carbons (Fsp3) is 0.971. The van der Waals surface area contributed by atoms with Gasteiger partial charge in [-0.1, -0.05) is 76.2 Å². The summed E-state index contributed by atoms with van der Waals surface area (Å²) in [5, 5.41) is 0. The molecule has 6 fully saturated rings. The average molecular weight is 481 g/mol. The molecule has 0 aromatic rings. The third-order valence-corrected chi connectivity index (χ3v) is 15.7. The van der Waals surface area contributed by atoms with Gasteiger partial charge in [-0.25, -0.2) is 0 Å². The van der Waals surface area contributed by atoms with Crippen molar-refractivity contribution in [2.45, 2.75) is 82.6 Å². The molecule has 0 heterocycles. The number of carbonyl (C=O) groups excluding carboxylic acids is 1. The van der Waals surface area contributed by atoms with E-state index in [4.69, 9.17) is 0 Å². The zero-order valence-electron chi connectivity index (χ0n) is 24.7. The lowest BCUT2D eigenvalue weighted by atomic mass is 9.38. The Kier molecular flexibility index (Phi) is 5.77. The molecule has 0 aromatic carbocycles. The maximum atomic E-state index is 13.4. The van der Waals surface area contributed by atoms with E-state index in [1.165, 1.54) is 6.42 Å². The molecule has 6 saturated carbocycles. The van der Waals surface area contributed by atoms with E-state index >= 15 is 0 Å². The highest BCUT2D eigenvalue weighted by Gasteiger charge is 2.71. The van der Waals surface area contributed by atoms with Crippen molar-refractivity contribution in [3.63, 3.8) is 0 Å². The monoisotopic (exact) mass is 480 g/mol. The summed E-state index contributed by atoms with van der Waals surface area (Å²) in [6.07, 6.45) is 1.49. The van der Waals surface area contributed by atoms with Crippen LogP contribution in [0, 0.1) is 124 Å². The lowest BCUT2D eigenvalue weighted by Gasteiger charge is -2.66. The number of carbonyl (C=O) groups is 1. The van der Waals surface area contributed by atoms with Crippen molar-refractivity contribution in [2.75, 3.05) is 0 Å². The predicted octanol–water partition coefficient (Wildman–Crippen LogP) is 8.19. The second-order valence-electron chi connectivity index (χ2n) is 15.9. The fourth-order valence-corrected chi connectivity index (χ4v) is 13.8. The smallest absolute Gasteiger partial charge is 0.139 e. The molecule has 6 rings (SSSR count). The maximum absolute atomic E-state index is 13.4. The highest BCUT2D eigenvalue weighted by Crippen LogP contribution is 2.74. The van der Waals surface area contributed by atoms with Gasteiger partial charge in [0.25, 0.3) is 0 Å². The Morgan fingerprint density at radius 3 is 1.31 bits per heavy atom. The van der Waals surface area contributed by atoms with Gasteiger partial charge in [0, 0.05) is 11.8 Å². The van der Waals surface area contributed by atoms with Gasteiger partial charge in [0.05, 0.1) is 0 Å². The SMILES string of the molecule is CC1CC2C(C(C)C3C4C(C)C(=O)C(C)C4C4C(C)C(C)C(C)C2C43)C2C(C)C(C)C(C)C(C)C12. The first-order valence-electron chi connectivity index (χ1n) is 15.9. The summed E-state index contributed by atoms with van der Waals surface area (Å²) in [6.45, 7) is 28.3. The van der Waals surface area contributed by atoms with Crippen molar-refractivity contribution in [1.82, 2.24) is 0 Å². The molecule has 0 aliphatic heterocycles.